The molecule has 9 heterocycles. The van der Waals surface area contributed by atoms with Crippen LogP contribution in [0.25, 0.3) is 100.0 Å². The van der Waals surface area contributed by atoms with Crippen LogP contribution in [0.3, 0.4) is 0 Å². The molecule has 0 saturated heterocycles. The maximum atomic E-state index is 8.70. The fraction of sp³-hybridized carbons (Fsp3) is 0.385. The lowest BCUT2D eigenvalue weighted by atomic mass is 9.94. The summed E-state index contributed by atoms with van der Waals surface area (Å²) in [7, 11) is 5.09. The van der Waals surface area contributed by atoms with Crippen molar-refractivity contribution in [3.05, 3.63) is 177 Å². The number of pyridine rings is 6. The lowest BCUT2D eigenvalue weighted by Crippen LogP contribution is -2.32. The van der Waals surface area contributed by atoms with E-state index in [0.29, 0.717) is 93.8 Å². The third-order valence-electron chi connectivity index (χ3n) is 15.2. The number of aromatic nitrogens is 6. The highest BCUT2D eigenvalue weighted by Crippen LogP contribution is 2.41. The Kier molecular flexibility index (Phi) is 9.42. The van der Waals surface area contributed by atoms with Crippen LogP contribution in [-0.2, 0) is 40.3 Å². The number of aryl methyl sites for hydroxylation is 9. The van der Waals surface area contributed by atoms with Crippen molar-refractivity contribution in [1.82, 2.24) is 15.0 Å². The largest absolute Gasteiger partial charge is 0.437 e. The zero-order valence-electron chi connectivity index (χ0n) is 84.3. The lowest BCUT2D eigenvalue weighted by molar-refractivity contribution is -0.661. The summed E-state index contributed by atoms with van der Waals surface area (Å²) in [4.78, 5) is 13.0. The predicted octanol–water partition coefficient (Wildman–Crippen LogP) is 19.2. The van der Waals surface area contributed by atoms with Gasteiger partial charge in [-0.25, -0.2) is 28.7 Å². The number of hydrogen-bond acceptors (Lipinski definition) is 6. The topological polar surface area (TPSA) is 89.7 Å². The van der Waals surface area contributed by atoms with E-state index in [4.69, 9.17) is 58.5 Å². The van der Waals surface area contributed by atoms with Gasteiger partial charge in [0, 0.05) is 130 Å². The molecule has 9 heteroatoms. The highest BCUT2D eigenvalue weighted by molar-refractivity contribution is 6.11. The summed E-state index contributed by atoms with van der Waals surface area (Å²) < 4.78 is 290. The second-order valence-electron chi connectivity index (χ2n) is 22.4. The molecule has 0 radical (unpaired) electrons. The van der Waals surface area contributed by atoms with Crippen LogP contribution in [0, 0.1) is 59.1 Å². The number of benzene rings is 3. The van der Waals surface area contributed by atoms with Gasteiger partial charge in [0.05, 0.1) is 16.7 Å². The van der Waals surface area contributed by atoms with E-state index in [2.05, 4.69) is 15.0 Å². The average Bonchev–Trinajstić information content (AvgIpc) is 1.54. The minimum Gasteiger partial charge on any atom is -0.437 e. The molecule has 3 aromatic carbocycles. The van der Waals surface area contributed by atoms with Crippen LogP contribution in [-0.4, -0.2) is 15.0 Å². The van der Waals surface area contributed by atoms with Crippen LogP contribution in [0.4, 0.5) is 0 Å². The van der Waals surface area contributed by atoms with Crippen molar-refractivity contribution in [2.24, 2.45) is 38.8 Å². The molecule has 450 valence electrons. The fourth-order valence-electron chi connectivity index (χ4n) is 11.1. The van der Waals surface area contributed by atoms with E-state index in [1.165, 1.54) is 54.2 Å². The van der Waals surface area contributed by atoms with Crippen molar-refractivity contribution < 1.29 is 72.2 Å². The molecule has 9 aromatic heterocycles. The van der Waals surface area contributed by atoms with Gasteiger partial charge in [-0.05, 0) is 166 Å². The van der Waals surface area contributed by atoms with Gasteiger partial charge >= 0.3 is 0 Å². The maximum Gasteiger partial charge on any atom is 0.227 e. The van der Waals surface area contributed by atoms with Gasteiger partial charge < -0.3 is 13.3 Å². The molecule has 9 nitrogen and oxygen atoms in total. The Balaban J connectivity index is 0.000000189. The standard InChI is InChI=1S/3C26H31N2O/c2*1-15(2)12-19-9-11-21-20-10-8-17(5)24(25(20)29-26(21)27-19)23-13-22(16(3)4)18(6)14-28(23)7;1-15(2)12-19-9-11-21-20-10-8-17(5)24(25(20)29-26(21)27-19)23-13-18(6)22(16(3)4)14-28(23)7/h3*8-11,13-16H,12H2,1-7H3/q3*+1/i1D3,3D3,6D3,12D2,15D,16D;1D3,6D3,12D2,15D,16D;1D3,3D3,12D2,15D,16D. The van der Waals surface area contributed by atoms with Crippen LogP contribution < -0.4 is 13.7 Å². The van der Waals surface area contributed by atoms with Crippen LogP contribution >= 0.6 is 0 Å². The van der Waals surface area contributed by atoms with E-state index >= 15 is 0 Å². The van der Waals surface area contributed by atoms with Gasteiger partial charge in [0.25, 0.3) is 0 Å². The van der Waals surface area contributed by atoms with Crippen LogP contribution in [0.1, 0.15) is 213 Å². The molecule has 0 spiro atoms. The lowest BCUT2D eigenvalue weighted by Gasteiger charge is -2.12. The van der Waals surface area contributed by atoms with Gasteiger partial charge in [0.1, 0.15) is 21.1 Å². The first-order valence-electron chi connectivity index (χ1n) is 44.7. The highest BCUT2D eigenvalue weighted by atomic mass is 16.3. The van der Waals surface area contributed by atoms with Crippen molar-refractivity contribution >= 4 is 66.2 Å². The molecule has 0 aliphatic carbocycles. The number of fused-ring (bicyclic) bond motifs is 9. The summed E-state index contributed by atoms with van der Waals surface area (Å²) >= 11 is 0. The smallest absolute Gasteiger partial charge is 0.227 e. The van der Waals surface area contributed by atoms with Crippen LogP contribution in [0.15, 0.2) is 123 Å². The van der Waals surface area contributed by atoms with Gasteiger partial charge in [-0.15, -0.1) is 0 Å². The quantitative estimate of drug-likeness (QED) is 0.113. The van der Waals surface area contributed by atoms with Crippen LogP contribution in [0.5, 0.6) is 0 Å². The predicted molar refractivity (Wildman–Crippen MR) is 361 cm³/mol. The zero-order chi connectivity index (χ0) is 91.0. The average molecular weight is 1200 g/mol. The Bertz CT molecular complexity index is 6040. The minimum absolute atomic E-state index is 0.00521. The Labute approximate surface area is 562 Å². The molecular weight excluding hydrogens is 1070 g/mol. The molecule has 0 aliphatic heterocycles. The van der Waals surface area contributed by atoms with Gasteiger partial charge in [-0.3, -0.25) is 0 Å². The Morgan fingerprint density at radius 3 is 1.07 bits per heavy atom. The van der Waals surface area contributed by atoms with Crippen molar-refractivity contribution in [3.63, 3.8) is 0 Å². The fourth-order valence-corrected chi connectivity index (χ4v) is 11.1. The molecule has 0 aliphatic rings. The van der Waals surface area contributed by atoms with E-state index < -0.39 is 102 Å². The highest BCUT2D eigenvalue weighted by Gasteiger charge is 2.27. The number of rotatable bonds is 12. The minimum atomic E-state index is -2.94. The van der Waals surface area contributed by atoms with E-state index in [1.807, 2.05) is 44.2 Å². The van der Waals surface area contributed by atoms with Gasteiger partial charge in [0.15, 0.2) is 35.3 Å². The van der Waals surface area contributed by atoms with Gasteiger partial charge in [0.2, 0.25) is 34.2 Å². The van der Waals surface area contributed by atoms with Crippen molar-refractivity contribution in [1.29, 1.82) is 0 Å². The Hall–Kier alpha value is -8.04. The third-order valence-corrected chi connectivity index (χ3v) is 15.2. The number of nitrogens with zero attached hydrogens (tertiary/aromatic N) is 6. The number of hydrogen-bond donors (Lipinski definition) is 0. The number of furan rings is 3. The molecule has 0 bridgehead atoms. The normalized spacial score (nSPS) is 22.6. The molecule has 12 rings (SSSR count). The first kappa shape index (κ1) is 32.8. The summed E-state index contributed by atoms with van der Waals surface area (Å²) in [6.45, 7) is -3.02. The molecule has 5 unspecified atom stereocenters. The second kappa shape index (κ2) is 25.0. The molecule has 0 amide bonds. The summed E-state index contributed by atoms with van der Waals surface area (Å²) in [5.74, 6) is -12.7. The summed E-state index contributed by atoms with van der Waals surface area (Å²) in [6.07, 6.45) is -3.43. The van der Waals surface area contributed by atoms with Gasteiger partial charge in [-0.1, -0.05) is 119 Å². The SMILES string of the molecule is [2H]C([2H])([2H])C([2H])(C)c1c[n+](C)c(-c2c(C)ccc3c2oc2nc(C([2H])([2H])C([2H])(C)C([2H])([2H])[2H])ccc23)cc1C.[2H]C([2H])([2H])c1c[n+](C)c(-c2c(C)ccc3c2oc2nc(C([2H])([2H])C([2H])(C)C([2H])([2H])[2H])ccc23)cc1C([2H])(C)C.[2H]C([2H])([2H])c1c[n+](C)c(-c2c(C)ccc3c2oc2nc(C([2H])([2H])C([2H])(C)C([2H])([2H])[2H])ccc23)cc1C([2H])(C)C([2H])([2H])[2H]. The first-order valence-corrected chi connectivity index (χ1v) is 28.2. The molecule has 0 fully saturated rings. The van der Waals surface area contributed by atoms with Crippen molar-refractivity contribution in [2.45, 2.75) is 161 Å². The van der Waals surface area contributed by atoms with Crippen molar-refractivity contribution in [3.8, 4) is 33.8 Å². The van der Waals surface area contributed by atoms with E-state index in [1.54, 1.807) is 94.5 Å². The first-order chi connectivity index (χ1) is 54.0. The third kappa shape index (κ3) is 12.5. The molecule has 87 heavy (non-hydrogen) atoms. The van der Waals surface area contributed by atoms with Gasteiger partial charge in [-0.2, -0.15) is 0 Å². The summed E-state index contributed by atoms with van der Waals surface area (Å²) in [5, 5.41) is 3.63. The molecule has 0 N–H and O–H groups in total. The monoisotopic (exact) mass is 1190 g/mol. The Morgan fingerprint density at radius 2 is 0.724 bits per heavy atom. The van der Waals surface area contributed by atoms with E-state index in [0.717, 1.165) is 50.1 Å². The molecule has 5 atom stereocenters. The maximum absolute atomic E-state index is 8.70. The van der Waals surface area contributed by atoms with Crippen molar-refractivity contribution in [2.75, 3.05) is 0 Å². The zero-order valence-corrected chi connectivity index (χ0v) is 51.3. The van der Waals surface area contributed by atoms with E-state index in [-0.39, 0.29) is 50.9 Å². The summed E-state index contributed by atoms with van der Waals surface area (Å²) in [6, 6.07) is 24.8. The Morgan fingerprint density at radius 1 is 0.391 bits per heavy atom. The second-order valence-corrected chi connectivity index (χ2v) is 22.4. The molecule has 12 aromatic rings. The van der Waals surface area contributed by atoms with Crippen LogP contribution in [0.2, 0.25) is 0 Å². The van der Waals surface area contributed by atoms with E-state index in [9.17, 15) is 0 Å². The molecular formula is C78H93N6O3+3. The summed E-state index contributed by atoms with van der Waals surface area (Å²) in [5.41, 5.74) is 7.62. The molecule has 0 saturated carbocycles.